The molecule has 1 aromatic rings. The first-order valence-corrected chi connectivity index (χ1v) is 13.5. The van der Waals surface area contributed by atoms with Gasteiger partial charge in [0, 0.05) is 26.3 Å². The second kappa shape index (κ2) is 9.85. The summed E-state index contributed by atoms with van der Waals surface area (Å²) < 4.78 is 52.9. The quantitative estimate of drug-likeness (QED) is 0.360. The van der Waals surface area contributed by atoms with E-state index in [0.29, 0.717) is 44.0 Å². The number of nitrogens with zero attached hydrogens (tertiary/aromatic N) is 3. The molecule has 10 heteroatoms. The van der Waals surface area contributed by atoms with Crippen LogP contribution in [-0.2, 0) is 31.1 Å². The number of aromatic nitrogens is 2. The molecular weight excluding hydrogens is 446 g/mol. The van der Waals surface area contributed by atoms with Crippen LogP contribution in [0.5, 0.6) is 0 Å². The van der Waals surface area contributed by atoms with Gasteiger partial charge in [0.15, 0.2) is 11.3 Å². The Kier molecular flexibility index (Phi) is 7.28. The van der Waals surface area contributed by atoms with E-state index < -0.39 is 21.6 Å². The van der Waals surface area contributed by atoms with Gasteiger partial charge in [-0.1, -0.05) is 26.0 Å². The van der Waals surface area contributed by atoms with Crippen LogP contribution < -0.4 is 13.9 Å². The number of hydrogen-bond donors (Lipinski definition) is 1. The van der Waals surface area contributed by atoms with Gasteiger partial charge < -0.3 is 14.4 Å². The largest absolute Gasteiger partial charge is 0.482 e. The Morgan fingerprint density at radius 1 is 1.09 bits per heavy atom. The van der Waals surface area contributed by atoms with Crippen molar-refractivity contribution < 1.29 is 31.5 Å². The fraction of sp³-hybridized carbons (Fsp3) is 0.739. The maximum atomic E-state index is 12.0. The third-order valence-electron chi connectivity index (χ3n) is 7.17. The molecule has 0 aliphatic carbocycles. The zero-order valence-corrected chi connectivity index (χ0v) is 20.5. The van der Waals surface area contributed by atoms with Gasteiger partial charge in [-0.05, 0) is 67.5 Å². The summed E-state index contributed by atoms with van der Waals surface area (Å²) in [4.78, 5) is 7.11. The van der Waals surface area contributed by atoms with Gasteiger partial charge in [-0.3, -0.25) is 4.55 Å². The first-order chi connectivity index (χ1) is 15.8. The predicted molar refractivity (Wildman–Crippen MR) is 122 cm³/mol. The van der Waals surface area contributed by atoms with Crippen LogP contribution in [-0.4, -0.2) is 44.3 Å². The standard InChI is InChI=1S/C23H35N3O6S/c1-3-22(12-6-10-16-30-22)19-18-20(25-14-8-5-9-15-25)24-21(26(19)32-33(27,28)29)23(4-2)13-7-11-17-31-23/h5,8,18H,3-4,6-7,9-17H2,1-2H3/p+1. The molecule has 0 aromatic carbocycles. The summed E-state index contributed by atoms with van der Waals surface area (Å²) in [6, 6.07) is 1.87. The highest BCUT2D eigenvalue weighted by atomic mass is 32.3. The minimum absolute atomic E-state index is 0.367. The van der Waals surface area contributed by atoms with Crippen molar-refractivity contribution >= 4 is 16.2 Å². The molecule has 2 unspecified atom stereocenters. The van der Waals surface area contributed by atoms with Crippen molar-refractivity contribution in [3.8, 4) is 0 Å². The van der Waals surface area contributed by atoms with E-state index in [1.807, 2.05) is 19.9 Å². The summed E-state index contributed by atoms with van der Waals surface area (Å²) in [6.07, 6.45) is 11.6. The Morgan fingerprint density at radius 3 is 2.27 bits per heavy atom. The maximum absolute atomic E-state index is 12.0. The SMILES string of the molecule is CCC1(c2cc(N3CC=CCC3)nc(C3(CC)CCCCO3)[n+]2OS(=O)(=O)O)CCCCO1. The van der Waals surface area contributed by atoms with Crippen LogP contribution >= 0.6 is 0 Å². The smallest absolute Gasteiger partial charge is 0.366 e. The van der Waals surface area contributed by atoms with Crippen LogP contribution in [0.2, 0.25) is 0 Å². The Morgan fingerprint density at radius 2 is 1.76 bits per heavy atom. The molecule has 2 fully saturated rings. The molecule has 0 bridgehead atoms. The van der Waals surface area contributed by atoms with Crippen molar-refractivity contribution in [1.82, 2.24) is 4.98 Å². The predicted octanol–water partition coefficient (Wildman–Crippen LogP) is 2.98. The van der Waals surface area contributed by atoms with Gasteiger partial charge >= 0.3 is 16.2 Å². The van der Waals surface area contributed by atoms with Gasteiger partial charge in [-0.2, -0.15) is 12.7 Å². The molecule has 0 amide bonds. The van der Waals surface area contributed by atoms with Gasteiger partial charge in [0.2, 0.25) is 5.82 Å². The summed E-state index contributed by atoms with van der Waals surface area (Å²) in [5.41, 5.74) is -1.01. The lowest BCUT2D eigenvalue weighted by molar-refractivity contribution is -0.878. The number of anilines is 1. The molecule has 33 heavy (non-hydrogen) atoms. The number of rotatable bonds is 7. The zero-order chi connectivity index (χ0) is 23.5. The molecule has 3 aliphatic rings. The lowest BCUT2D eigenvalue weighted by atomic mass is 9.86. The number of hydrogen-bond acceptors (Lipinski definition) is 7. The van der Waals surface area contributed by atoms with Gasteiger partial charge in [0.1, 0.15) is 5.60 Å². The summed E-state index contributed by atoms with van der Waals surface area (Å²) in [5, 5.41) is 0. The normalized spacial score (nSPS) is 28.6. The average molecular weight is 483 g/mol. The summed E-state index contributed by atoms with van der Waals surface area (Å²) in [7, 11) is -4.82. The van der Waals surface area contributed by atoms with E-state index in [-0.39, 0.29) is 0 Å². The molecule has 3 aliphatic heterocycles. The lowest BCUT2D eigenvalue weighted by Gasteiger charge is -2.37. The highest BCUT2D eigenvalue weighted by molar-refractivity contribution is 7.80. The van der Waals surface area contributed by atoms with E-state index in [4.69, 9.17) is 18.7 Å². The van der Waals surface area contributed by atoms with Crippen LogP contribution in [0.15, 0.2) is 18.2 Å². The lowest BCUT2D eigenvalue weighted by Crippen LogP contribution is -2.61. The maximum Gasteiger partial charge on any atom is 0.482 e. The van der Waals surface area contributed by atoms with Crippen LogP contribution in [0.25, 0.3) is 0 Å². The molecule has 2 saturated heterocycles. The Hall–Kier alpha value is -1.75. The van der Waals surface area contributed by atoms with E-state index >= 15 is 0 Å². The van der Waals surface area contributed by atoms with Crippen LogP contribution in [0.3, 0.4) is 0 Å². The fourth-order valence-electron chi connectivity index (χ4n) is 5.25. The van der Waals surface area contributed by atoms with Gasteiger partial charge in [-0.15, -0.1) is 0 Å². The van der Waals surface area contributed by atoms with E-state index in [2.05, 4.69) is 17.1 Å². The molecule has 4 rings (SSSR count). The summed E-state index contributed by atoms with van der Waals surface area (Å²) >= 11 is 0. The minimum atomic E-state index is -4.82. The Bertz CT molecular complexity index is 921. The molecular formula is C23H36N3O6S+. The Labute approximate surface area is 196 Å². The molecule has 1 aromatic heterocycles. The molecule has 0 spiro atoms. The van der Waals surface area contributed by atoms with Crippen molar-refractivity contribution in [2.24, 2.45) is 0 Å². The van der Waals surface area contributed by atoms with Crippen molar-refractivity contribution in [2.75, 3.05) is 31.2 Å². The van der Waals surface area contributed by atoms with E-state index in [9.17, 15) is 13.0 Å². The van der Waals surface area contributed by atoms with Crippen LogP contribution in [0, 0.1) is 0 Å². The second-order valence-electron chi connectivity index (χ2n) is 9.13. The van der Waals surface area contributed by atoms with E-state index in [0.717, 1.165) is 57.4 Å². The van der Waals surface area contributed by atoms with Crippen molar-refractivity contribution in [3.05, 3.63) is 29.7 Å². The molecule has 1 N–H and O–H groups in total. The van der Waals surface area contributed by atoms with E-state index in [1.165, 1.54) is 4.73 Å². The first-order valence-electron chi connectivity index (χ1n) is 12.2. The number of ether oxygens (including phenoxy) is 2. The van der Waals surface area contributed by atoms with E-state index in [1.54, 1.807) is 0 Å². The topological polar surface area (TPSA) is 102 Å². The minimum Gasteiger partial charge on any atom is -0.366 e. The highest BCUT2D eigenvalue weighted by Crippen LogP contribution is 2.41. The molecule has 4 heterocycles. The molecule has 9 nitrogen and oxygen atoms in total. The Balaban J connectivity index is 1.98. The van der Waals surface area contributed by atoms with Gasteiger partial charge in [-0.25, -0.2) is 0 Å². The van der Waals surface area contributed by atoms with Gasteiger partial charge in [0.25, 0.3) is 0 Å². The zero-order valence-electron chi connectivity index (χ0n) is 19.7. The molecule has 184 valence electrons. The third kappa shape index (κ3) is 5.03. The highest BCUT2D eigenvalue weighted by Gasteiger charge is 2.51. The van der Waals surface area contributed by atoms with Crippen LogP contribution in [0.4, 0.5) is 5.82 Å². The molecule has 0 saturated carbocycles. The monoisotopic (exact) mass is 482 g/mol. The average Bonchev–Trinajstić information content (AvgIpc) is 2.84. The van der Waals surface area contributed by atoms with Crippen molar-refractivity contribution in [3.63, 3.8) is 0 Å². The van der Waals surface area contributed by atoms with Crippen LogP contribution in [0.1, 0.15) is 83.2 Å². The van der Waals surface area contributed by atoms with Crippen molar-refractivity contribution in [1.29, 1.82) is 0 Å². The first kappa shape index (κ1) is 24.4. The second-order valence-corrected chi connectivity index (χ2v) is 10.1. The summed E-state index contributed by atoms with van der Waals surface area (Å²) in [5.74, 6) is 1.11. The molecule has 0 radical (unpaired) electrons. The third-order valence-corrected chi connectivity index (χ3v) is 7.51. The fourth-order valence-corrected chi connectivity index (χ4v) is 5.58. The van der Waals surface area contributed by atoms with Gasteiger partial charge in [0.05, 0.1) is 6.07 Å². The molecule has 2 atom stereocenters. The van der Waals surface area contributed by atoms with Crippen molar-refractivity contribution in [2.45, 2.75) is 82.8 Å². The summed E-state index contributed by atoms with van der Waals surface area (Å²) in [6.45, 7) is 6.70.